The Morgan fingerprint density at radius 3 is 2.45 bits per heavy atom. The first-order valence-corrected chi connectivity index (χ1v) is 9.51. The first-order chi connectivity index (χ1) is 14.2. The summed E-state index contributed by atoms with van der Waals surface area (Å²) in [5, 5.41) is 1.05. The lowest BCUT2D eigenvalue weighted by Crippen LogP contribution is -2.07. The number of hydrogen-bond donors (Lipinski definition) is 0. The molecule has 4 rings (SSSR count). The Labute approximate surface area is 167 Å². The summed E-state index contributed by atoms with van der Waals surface area (Å²) in [6, 6.07) is 12.9. The third-order valence-electron chi connectivity index (χ3n) is 4.62. The Morgan fingerprint density at radius 1 is 0.931 bits per heavy atom. The van der Waals surface area contributed by atoms with Gasteiger partial charge in [0.15, 0.2) is 16.6 Å². The van der Waals surface area contributed by atoms with Crippen LogP contribution in [0.1, 0.15) is 18.6 Å². The van der Waals surface area contributed by atoms with Crippen molar-refractivity contribution in [2.45, 2.75) is 19.8 Å². The molecule has 0 aliphatic carbocycles. The minimum atomic E-state index is -0.174. The second-order valence-electron chi connectivity index (χ2n) is 6.67. The SMILES string of the molecule is COc1c2occc2c(OCCCCOc2ccccc2)c2c(=O)cc(C)oc12. The lowest BCUT2D eigenvalue weighted by Gasteiger charge is -2.13. The van der Waals surface area contributed by atoms with Gasteiger partial charge in [-0.05, 0) is 38.0 Å². The van der Waals surface area contributed by atoms with E-state index in [4.69, 9.17) is 23.0 Å². The number of fused-ring (bicyclic) bond motifs is 2. The van der Waals surface area contributed by atoms with Gasteiger partial charge in [-0.1, -0.05) is 18.2 Å². The van der Waals surface area contributed by atoms with E-state index in [1.54, 1.807) is 19.3 Å². The van der Waals surface area contributed by atoms with E-state index in [1.165, 1.54) is 13.2 Å². The van der Waals surface area contributed by atoms with Gasteiger partial charge in [0.1, 0.15) is 22.6 Å². The maximum absolute atomic E-state index is 12.7. The molecule has 6 heteroatoms. The number of ether oxygens (including phenoxy) is 3. The topological polar surface area (TPSA) is 71.0 Å². The molecule has 0 aliphatic heterocycles. The minimum absolute atomic E-state index is 0.174. The summed E-state index contributed by atoms with van der Waals surface area (Å²) in [5.74, 6) is 2.20. The number of rotatable bonds is 8. The van der Waals surface area contributed by atoms with E-state index in [9.17, 15) is 4.79 Å². The zero-order valence-corrected chi connectivity index (χ0v) is 16.4. The zero-order valence-electron chi connectivity index (χ0n) is 16.4. The molecule has 0 fully saturated rings. The second-order valence-corrected chi connectivity index (χ2v) is 6.67. The van der Waals surface area contributed by atoms with Crippen LogP contribution < -0.4 is 19.6 Å². The van der Waals surface area contributed by atoms with Gasteiger partial charge >= 0.3 is 0 Å². The number of unbranched alkanes of at least 4 members (excludes halogenated alkanes) is 1. The maximum Gasteiger partial charge on any atom is 0.206 e. The maximum atomic E-state index is 12.7. The van der Waals surface area contributed by atoms with Crippen LogP contribution in [0.2, 0.25) is 0 Å². The van der Waals surface area contributed by atoms with E-state index in [1.807, 2.05) is 30.3 Å². The standard InChI is InChI=1S/C23H22O6/c1-15-14-18(24)19-20(17-10-13-28-21(17)23(25-2)22(19)29-15)27-12-7-6-11-26-16-8-4-3-5-9-16/h3-5,8-10,13-14H,6-7,11-12H2,1-2H3. The Bertz CT molecular complexity index is 1170. The molecule has 0 N–H and O–H groups in total. The Morgan fingerprint density at radius 2 is 1.69 bits per heavy atom. The van der Waals surface area contributed by atoms with E-state index in [-0.39, 0.29) is 5.43 Å². The molecule has 0 saturated heterocycles. The molecule has 2 aromatic carbocycles. The van der Waals surface area contributed by atoms with Gasteiger partial charge in [0.25, 0.3) is 0 Å². The number of benzene rings is 2. The highest BCUT2D eigenvalue weighted by Gasteiger charge is 2.22. The summed E-state index contributed by atoms with van der Waals surface area (Å²) in [7, 11) is 1.52. The fourth-order valence-electron chi connectivity index (χ4n) is 3.31. The van der Waals surface area contributed by atoms with Crippen LogP contribution in [0.25, 0.3) is 21.9 Å². The summed E-state index contributed by atoms with van der Waals surface area (Å²) in [6.07, 6.45) is 3.14. The number of hydrogen-bond acceptors (Lipinski definition) is 6. The monoisotopic (exact) mass is 394 g/mol. The van der Waals surface area contributed by atoms with Gasteiger partial charge in [0.05, 0.1) is 32.0 Å². The number of para-hydroxylation sites is 1. The van der Waals surface area contributed by atoms with Gasteiger partial charge in [0.2, 0.25) is 5.75 Å². The lowest BCUT2D eigenvalue weighted by atomic mass is 10.1. The molecular formula is C23H22O6. The van der Waals surface area contributed by atoms with Crippen molar-refractivity contribution in [2.24, 2.45) is 0 Å². The fourth-order valence-corrected chi connectivity index (χ4v) is 3.31. The lowest BCUT2D eigenvalue weighted by molar-refractivity contribution is 0.269. The molecule has 0 aliphatic rings. The summed E-state index contributed by atoms with van der Waals surface area (Å²) < 4.78 is 28.6. The van der Waals surface area contributed by atoms with Crippen molar-refractivity contribution >= 4 is 21.9 Å². The van der Waals surface area contributed by atoms with Gasteiger partial charge in [-0.15, -0.1) is 0 Å². The molecule has 4 aromatic rings. The van der Waals surface area contributed by atoms with Crippen molar-refractivity contribution in [1.82, 2.24) is 0 Å². The molecule has 0 unspecified atom stereocenters. The van der Waals surface area contributed by atoms with Crippen LogP contribution in [0.5, 0.6) is 17.2 Å². The van der Waals surface area contributed by atoms with E-state index in [0.717, 1.165) is 18.6 Å². The molecule has 6 nitrogen and oxygen atoms in total. The second kappa shape index (κ2) is 8.31. The van der Waals surface area contributed by atoms with Gasteiger partial charge in [-0.25, -0.2) is 0 Å². The van der Waals surface area contributed by atoms with Gasteiger partial charge < -0.3 is 23.0 Å². The molecule has 2 heterocycles. The van der Waals surface area contributed by atoms with Crippen molar-refractivity contribution in [3.63, 3.8) is 0 Å². The molecular weight excluding hydrogens is 372 g/mol. The van der Waals surface area contributed by atoms with E-state index in [0.29, 0.717) is 52.4 Å². The molecule has 29 heavy (non-hydrogen) atoms. The first-order valence-electron chi connectivity index (χ1n) is 9.51. The smallest absolute Gasteiger partial charge is 0.206 e. The largest absolute Gasteiger partial charge is 0.494 e. The van der Waals surface area contributed by atoms with E-state index < -0.39 is 0 Å². The summed E-state index contributed by atoms with van der Waals surface area (Å²) in [5.41, 5.74) is 0.658. The third kappa shape index (κ3) is 3.78. The van der Waals surface area contributed by atoms with Gasteiger partial charge in [-0.3, -0.25) is 4.79 Å². The molecule has 2 aromatic heterocycles. The summed E-state index contributed by atoms with van der Waals surface area (Å²) >= 11 is 0. The molecule has 0 amide bonds. The van der Waals surface area contributed by atoms with Crippen molar-refractivity contribution in [3.05, 3.63) is 64.7 Å². The Balaban J connectivity index is 1.53. The quantitative estimate of drug-likeness (QED) is 0.388. The summed E-state index contributed by atoms with van der Waals surface area (Å²) in [6.45, 7) is 2.76. The zero-order chi connectivity index (χ0) is 20.2. The third-order valence-corrected chi connectivity index (χ3v) is 4.62. The fraction of sp³-hybridized carbons (Fsp3) is 0.261. The molecule has 150 valence electrons. The average molecular weight is 394 g/mol. The first kappa shape index (κ1) is 18.9. The van der Waals surface area contributed by atoms with Crippen molar-refractivity contribution < 1.29 is 23.0 Å². The molecule has 0 atom stereocenters. The van der Waals surface area contributed by atoms with Crippen LogP contribution in [0.15, 0.2) is 62.4 Å². The normalized spacial score (nSPS) is 11.1. The molecule has 0 bridgehead atoms. The number of furan rings is 1. The molecule has 0 radical (unpaired) electrons. The van der Waals surface area contributed by atoms with Crippen LogP contribution >= 0.6 is 0 Å². The van der Waals surface area contributed by atoms with E-state index in [2.05, 4.69) is 0 Å². The van der Waals surface area contributed by atoms with Crippen LogP contribution in [-0.4, -0.2) is 20.3 Å². The summed E-state index contributed by atoms with van der Waals surface area (Å²) in [4.78, 5) is 12.7. The van der Waals surface area contributed by atoms with Crippen molar-refractivity contribution in [3.8, 4) is 17.2 Å². The average Bonchev–Trinajstić information content (AvgIpc) is 3.20. The minimum Gasteiger partial charge on any atom is -0.494 e. The van der Waals surface area contributed by atoms with Gasteiger partial charge in [0, 0.05) is 6.07 Å². The van der Waals surface area contributed by atoms with Crippen LogP contribution in [0.3, 0.4) is 0 Å². The van der Waals surface area contributed by atoms with Crippen LogP contribution in [-0.2, 0) is 0 Å². The van der Waals surface area contributed by atoms with Crippen LogP contribution in [0, 0.1) is 6.92 Å². The van der Waals surface area contributed by atoms with E-state index >= 15 is 0 Å². The molecule has 0 saturated carbocycles. The highest BCUT2D eigenvalue weighted by atomic mass is 16.5. The van der Waals surface area contributed by atoms with Crippen LogP contribution in [0.4, 0.5) is 0 Å². The predicted octanol–water partition coefficient (Wildman–Crippen LogP) is 5.09. The van der Waals surface area contributed by atoms with Crippen molar-refractivity contribution in [1.29, 1.82) is 0 Å². The number of methoxy groups -OCH3 is 1. The van der Waals surface area contributed by atoms with Gasteiger partial charge in [-0.2, -0.15) is 0 Å². The Kier molecular flexibility index (Phi) is 5.42. The van der Waals surface area contributed by atoms with Crippen molar-refractivity contribution in [2.75, 3.05) is 20.3 Å². The predicted molar refractivity (Wildman–Crippen MR) is 110 cm³/mol. The molecule has 0 spiro atoms. The highest BCUT2D eigenvalue weighted by Crippen LogP contribution is 2.42. The number of aryl methyl sites for hydroxylation is 1. The Hall–Kier alpha value is -3.41. The highest BCUT2D eigenvalue weighted by molar-refractivity contribution is 6.06.